The van der Waals surface area contributed by atoms with E-state index in [1.807, 2.05) is 25.7 Å². The summed E-state index contributed by atoms with van der Waals surface area (Å²) in [5, 5.41) is 3.26. The van der Waals surface area contributed by atoms with Gasteiger partial charge in [0.15, 0.2) is 36.6 Å². The van der Waals surface area contributed by atoms with Gasteiger partial charge in [0.05, 0.1) is 24.9 Å². The predicted octanol–water partition coefficient (Wildman–Crippen LogP) is 7.33. The zero-order chi connectivity index (χ0) is 52.1. The maximum Gasteiger partial charge on any atom is 0.347 e. The molecule has 1 saturated heterocycles. The van der Waals surface area contributed by atoms with Crippen molar-refractivity contribution in [2.45, 2.75) is 220 Å². The lowest BCUT2D eigenvalue weighted by atomic mass is 10.0. The molecule has 0 amide bonds. The summed E-state index contributed by atoms with van der Waals surface area (Å²) in [5.74, 6) is -6.06. The first-order chi connectivity index (χ1) is 33.2. The Balaban J connectivity index is 0.0000252. The molecule has 22 heteroatoms. The van der Waals surface area contributed by atoms with E-state index in [-0.39, 0.29) is 43.4 Å². The van der Waals surface area contributed by atoms with E-state index in [1.54, 1.807) is 0 Å². The number of carbonyl (C=O) groups excluding carboxylic acids is 7. The minimum atomic E-state index is -1.57. The number of ether oxygens (including phenoxy) is 9. The van der Waals surface area contributed by atoms with E-state index >= 15 is 0 Å². The number of carbonyl (C=O) groups is 7. The topological polar surface area (TPSA) is 244 Å². The monoisotopic (exact) mass is 1050 g/mol. The minimum absolute atomic E-state index is 0. The molecule has 0 aliphatic carbocycles. The molecule has 0 unspecified atom stereocenters. The van der Waals surface area contributed by atoms with Crippen LogP contribution in [-0.4, -0.2) is 138 Å². The van der Waals surface area contributed by atoms with Gasteiger partial charge in [0.1, 0.15) is 12.7 Å². The number of anilines is 1. The fraction of sp³-hybridized carbons (Fsp3) is 0.816. The summed E-state index contributed by atoms with van der Waals surface area (Å²) in [6.07, 6.45) is 8.42. The van der Waals surface area contributed by atoms with Crippen molar-refractivity contribution in [3.63, 3.8) is 0 Å². The lowest BCUT2D eigenvalue weighted by molar-refractivity contribution is -0.188. The van der Waals surface area contributed by atoms with Crippen molar-refractivity contribution >= 4 is 71.7 Å². The largest absolute Gasteiger partial charge is 0.470 e. The first-order valence-corrected chi connectivity index (χ1v) is 25.9. The Bertz CT molecular complexity index is 1740. The Morgan fingerprint density at radius 1 is 0.563 bits per heavy atom. The van der Waals surface area contributed by atoms with Crippen molar-refractivity contribution in [3.05, 3.63) is 0 Å². The number of aromatic nitrogens is 2. The SMILES string of the molecule is CCCCCCCCCCCCCCCCCC(=O)O[C@@H](C)C(=O)O[C@@H](C)C(=O)O[C@@H](C)C(=O)O[C@@H](C)C(=O)O[C@@H](C)C(=O)O[C@@H](C)C(=O)O[C@@H](CNC(C)(C)C)COc1nsnc1N1CCOCC1.Cl. The lowest BCUT2D eigenvalue weighted by Gasteiger charge is -2.28. The minimum Gasteiger partial charge on any atom is -0.470 e. The van der Waals surface area contributed by atoms with Crippen LogP contribution in [-0.2, 0) is 71.5 Å². The summed E-state index contributed by atoms with van der Waals surface area (Å²) in [4.78, 5) is 91.0. The van der Waals surface area contributed by atoms with Gasteiger partial charge in [-0.1, -0.05) is 96.8 Å². The standard InChI is InChI=1S/C49H82N4O16S.ClH/c1-11-12-13-14-15-16-17-18-19-20-21-22-23-24-25-26-40(54)63-33(2)43(55)64-34(3)44(56)65-35(4)45(57)66-36(5)46(58)67-37(6)47(59)68-38(7)48(60)69-39(31-50-49(8,9)10)32-62-42-41(51-70-52-42)53-27-29-61-30-28-53;/h33-39,50H,11-32H2,1-10H3;1H/t33-,34-,35-,36-,37-,38-,39-;/m0./s1. The fourth-order valence-corrected chi connectivity index (χ4v) is 7.28. The van der Waals surface area contributed by atoms with Crippen LogP contribution in [0.1, 0.15) is 172 Å². The van der Waals surface area contributed by atoms with Crippen molar-refractivity contribution in [3.8, 4) is 5.88 Å². The van der Waals surface area contributed by atoms with Crippen LogP contribution in [0.5, 0.6) is 5.88 Å². The van der Waals surface area contributed by atoms with Gasteiger partial charge >= 0.3 is 41.8 Å². The molecule has 1 aromatic heterocycles. The van der Waals surface area contributed by atoms with Crippen LogP contribution in [0.15, 0.2) is 0 Å². The summed E-state index contributed by atoms with van der Waals surface area (Å²) in [6, 6.07) is 0. The van der Waals surface area contributed by atoms with Gasteiger partial charge in [0, 0.05) is 31.6 Å². The molecule has 1 aromatic rings. The molecule has 2 heterocycles. The Morgan fingerprint density at radius 2 is 0.930 bits per heavy atom. The molecular weight excluding hydrogens is 968 g/mol. The summed E-state index contributed by atoms with van der Waals surface area (Å²) in [6.45, 7) is 17.8. The van der Waals surface area contributed by atoms with Crippen molar-refractivity contribution in [1.82, 2.24) is 14.1 Å². The molecule has 0 radical (unpaired) electrons. The summed E-state index contributed by atoms with van der Waals surface area (Å²) >= 11 is 0.987. The number of rotatable bonds is 35. The highest BCUT2D eigenvalue weighted by Gasteiger charge is 2.33. The number of hydrogen-bond donors (Lipinski definition) is 1. The number of nitrogens with zero attached hydrogens (tertiary/aromatic N) is 3. The third-order valence-electron chi connectivity index (χ3n) is 11.1. The second kappa shape index (κ2) is 35.7. The van der Waals surface area contributed by atoms with Crippen LogP contribution in [0.25, 0.3) is 0 Å². The lowest BCUT2D eigenvalue weighted by Crippen LogP contribution is -2.45. The van der Waals surface area contributed by atoms with Crippen LogP contribution < -0.4 is 15.0 Å². The Morgan fingerprint density at radius 3 is 1.32 bits per heavy atom. The van der Waals surface area contributed by atoms with Gasteiger partial charge in [0.2, 0.25) is 5.82 Å². The van der Waals surface area contributed by atoms with E-state index in [1.165, 1.54) is 112 Å². The first-order valence-electron chi connectivity index (χ1n) is 25.2. The highest BCUT2D eigenvalue weighted by atomic mass is 35.5. The third-order valence-corrected chi connectivity index (χ3v) is 11.6. The molecule has 0 aromatic carbocycles. The van der Waals surface area contributed by atoms with Crippen LogP contribution in [0.4, 0.5) is 5.82 Å². The van der Waals surface area contributed by atoms with E-state index < -0.39 is 84.5 Å². The third kappa shape index (κ3) is 27.9. The number of nitrogens with one attached hydrogen (secondary N) is 1. The van der Waals surface area contributed by atoms with E-state index in [2.05, 4.69) is 21.0 Å². The van der Waals surface area contributed by atoms with Crippen molar-refractivity contribution in [1.29, 1.82) is 0 Å². The van der Waals surface area contributed by atoms with E-state index in [0.29, 0.717) is 38.5 Å². The molecule has 0 bridgehead atoms. The molecule has 0 spiro atoms. The molecule has 1 aliphatic heterocycles. The maximum absolute atomic E-state index is 13.1. The molecule has 71 heavy (non-hydrogen) atoms. The second-order valence-electron chi connectivity index (χ2n) is 18.7. The molecule has 1 aliphatic rings. The molecular formula is C49H83ClN4O16S. The molecule has 7 atom stereocenters. The Labute approximate surface area is 431 Å². The average Bonchev–Trinajstić information content (AvgIpc) is 3.79. The number of halogens is 1. The Kier molecular flexibility index (Phi) is 32.5. The smallest absolute Gasteiger partial charge is 0.347 e. The van der Waals surface area contributed by atoms with Gasteiger partial charge in [-0.25, -0.2) is 28.8 Å². The average molecular weight is 1050 g/mol. The van der Waals surface area contributed by atoms with E-state index in [9.17, 15) is 33.6 Å². The predicted molar refractivity (Wildman–Crippen MR) is 266 cm³/mol. The summed E-state index contributed by atoms with van der Waals surface area (Å²) < 4.78 is 56.4. The van der Waals surface area contributed by atoms with Gasteiger partial charge < -0.3 is 52.8 Å². The fourth-order valence-electron chi connectivity index (χ4n) is 6.76. The summed E-state index contributed by atoms with van der Waals surface area (Å²) in [7, 11) is 0. The van der Waals surface area contributed by atoms with Gasteiger partial charge in [-0.2, -0.15) is 4.37 Å². The number of esters is 7. The maximum atomic E-state index is 13.1. The van der Waals surface area contributed by atoms with Crippen molar-refractivity contribution < 1.29 is 76.2 Å². The van der Waals surface area contributed by atoms with Crippen molar-refractivity contribution in [2.75, 3.05) is 44.4 Å². The second-order valence-corrected chi connectivity index (χ2v) is 19.2. The van der Waals surface area contributed by atoms with E-state index in [0.717, 1.165) is 31.0 Å². The van der Waals surface area contributed by atoms with Gasteiger partial charge in [-0.3, -0.25) is 4.79 Å². The summed E-state index contributed by atoms with van der Waals surface area (Å²) in [5.41, 5.74) is -0.337. The number of hydrogen-bond acceptors (Lipinski definition) is 21. The molecule has 1 fully saturated rings. The van der Waals surface area contributed by atoms with Gasteiger partial charge in [-0.05, 0) is 68.7 Å². The van der Waals surface area contributed by atoms with Gasteiger partial charge in [-0.15, -0.1) is 16.8 Å². The van der Waals surface area contributed by atoms with Crippen molar-refractivity contribution in [2.24, 2.45) is 0 Å². The molecule has 408 valence electrons. The molecule has 1 N–H and O–H groups in total. The highest BCUT2D eigenvalue weighted by Crippen LogP contribution is 2.27. The Hall–Kier alpha value is -4.34. The normalized spacial score (nSPS) is 15.5. The first kappa shape index (κ1) is 64.7. The molecule has 20 nitrogen and oxygen atoms in total. The molecule has 0 saturated carbocycles. The number of morpholine rings is 1. The highest BCUT2D eigenvalue weighted by molar-refractivity contribution is 6.99. The quantitative estimate of drug-likeness (QED) is 0.0397. The van der Waals surface area contributed by atoms with Gasteiger partial charge in [0.25, 0.3) is 5.88 Å². The van der Waals surface area contributed by atoms with Crippen LogP contribution >= 0.6 is 24.1 Å². The van der Waals surface area contributed by atoms with Crippen LogP contribution in [0, 0.1) is 0 Å². The number of unbranched alkanes of at least 4 members (excludes halogenated alkanes) is 14. The van der Waals surface area contributed by atoms with Crippen LogP contribution in [0.3, 0.4) is 0 Å². The molecule has 2 rings (SSSR count). The van der Waals surface area contributed by atoms with Crippen LogP contribution in [0.2, 0.25) is 0 Å². The zero-order valence-corrected chi connectivity index (χ0v) is 45.4. The zero-order valence-electron chi connectivity index (χ0n) is 43.8. The van der Waals surface area contributed by atoms with E-state index in [4.69, 9.17) is 42.6 Å².